The summed E-state index contributed by atoms with van der Waals surface area (Å²) in [6.45, 7) is 6.15. The fourth-order valence-corrected chi connectivity index (χ4v) is 2.43. The highest BCUT2D eigenvalue weighted by Gasteiger charge is 2.15. The summed E-state index contributed by atoms with van der Waals surface area (Å²) in [7, 11) is 2.15. The lowest BCUT2D eigenvalue weighted by atomic mass is 10.0. The second-order valence-electron chi connectivity index (χ2n) is 5.03. The van der Waals surface area contributed by atoms with Crippen molar-refractivity contribution in [2.45, 2.75) is 32.9 Å². The highest BCUT2D eigenvalue weighted by Crippen LogP contribution is 2.19. The van der Waals surface area contributed by atoms with Gasteiger partial charge < -0.3 is 5.73 Å². The summed E-state index contributed by atoms with van der Waals surface area (Å²) in [4.78, 5) is 2.35. The first-order valence-corrected chi connectivity index (χ1v) is 6.97. The fourth-order valence-electron chi connectivity index (χ4n) is 2.02. The van der Waals surface area contributed by atoms with Crippen molar-refractivity contribution >= 4 is 15.9 Å². The number of hydrogen-bond acceptors (Lipinski definition) is 2. The average molecular weight is 299 g/mol. The molecule has 17 heavy (non-hydrogen) atoms. The highest BCUT2D eigenvalue weighted by atomic mass is 79.9. The first-order valence-electron chi connectivity index (χ1n) is 6.18. The van der Waals surface area contributed by atoms with Crippen molar-refractivity contribution in [3.63, 3.8) is 0 Å². The van der Waals surface area contributed by atoms with Gasteiger partial charge in [-0.05, 0) is 31.0 Å². The van der Waals surface area contributed by atoms with E-state index in [0.29, 0.717) is 12.0 Å². The first-order chi connectivity index (χ1) is 8.04. The number of nitrogens with two attached hydrogens (primary N) is 1. The Hall–Kier alpha value is -0.380. The van der Waals surface area contributed by atoms with E-state index in [1.165, 1.54) is 10.0 Å². The van der Waals surface area contributed by atoms with Gasteiger partial charge >= 0.3 is 0 Å². The van der Waals surface area contributed by atoms with Crippen molar-refractivity contribution in [3.05, 3.63) is 34.3 Å². The Balaban J connectivity index is 2.64. The molecular weight excluding hydrogens is 276 g/mol. The molecule has 0 aliphatic heterocycles. The smallest absolute Gasteiger partial charge is 0.0245 e. The van der Waals surface area contributed by atoms with Gasteiger partial charge in [0.1, 0.15) is 0 Å². The molecule has 96 valence electrons. The van der Waals surface area contributed by atoms with Gasteiger partial charge in [-0.25, -0.2) is 0 Å². The molecule has 0 spiro atoms. The molecule has 0 amide bonds. The number of nitrogens with zero attached hydrogens (tertiary/aromatic N) is 1. The third kappa shape index (κ3) is 4.78. The van der Waals surface area contributed by atoms with Crippen LogP contribution in [-0.2, 0) is 6.54 Å². The molecule has 0 bridgehead atoms. The zero-order chi connectivity index (χ0) is 12.8. The summed E-state index contributed by atoms with van der Waals surface area (Å²) in [5.74, 6) is 0.685. The third-order valence-corrected chi connectivity index (χ3v) is 3.79. The Bertz CT molecular complexity index is 339. The van der Waals surface area contributed by atoms with E-state index in [2.05, 4.69) is 59.9 Å². The van der Waals surface area contributed by atoms with Gasteiger partial charge in [0.05, 0.1) is 0 Å². The average Bonchev–Trinajstić information content (AvgIpc) is 2.28. The van der Waals surface area contributed by atoms with Gasteiger partial charge in [0.2, 0.25) is 0 Å². The van der Waals surface area contributed by atoms with Crippen LogP contribution < -0.4 is 5.73 Å². The summed E-state index contributed by atoms with van der Waals surface area (Å²) in [6.07, 6.45) is 1.15. The van der Waals surface area contributed by atoms with Crippen LogP contribution in [0.25, 0.3) is 0 Å². The van der Waals surface area contributed by atoms with E-state index in [-0.39, 0.29) is 0 Å². The molecule has 0 aromatic heterocycles. The van der Waals surface area contributed by atoms with Crippen LogP contribution in [0.4, 0.5) is 0 Å². The molecular formula is C14H23BrN2. The zero-order valence-electron chi connectivity index (χ0n) is 11.0. The van der Waals surface area contributed by atoms with Crippen LogP contribution in [0.3, 0.4) is 0 Å². The van der Waals surface area contributed by atoms with E-state index in [4.69, 9.17) is 5.73 Å². The summed E-state index contributed by atoms with van der Waals surface area (Å²) in [6, 6.07) is 8.82. The van der Waals surface area contributed by atoms with E-state index in [0.717, 1.165) is 19.5 Å². The van der Waals surface area contributed by atoms with Gasteiger partial charge in [-0.15, -0.1) is 0 Å². The second kappa shape index (κ2) is 7.14. The van der Waals surface area contributed by atoms with Crippen molar-refractivity contribution in [2.75, 3.05) is 13.6 Å². The number of hydrogen-bond donors (Lipinski definition) is 1. The van der Waals surface area contributed by atoms with Crippen molar-refractivity contribution in [2.24, 2.45) is 11.7 Å². The highest BCUT2D eigenvalue weighted by molar-refractivity contribution is 9.10. The minimum atomic E-state index is 0.460. The second-order valence-corrected chi connectivity index (χ2v) is 5.88. The molecule has 0 fully saturated rings. The minimum absolute atomic E-state index is 0.460. The lowest BCUT2D eigenvalue weighted by molar-refractivity contribution is 0.210. The molecule has 2 N–H and O–H groups in total. The number of halogens is 1. The van der Waals surface area contributed by atoms with Gasteiger partial charge in [-0.2, -0.15) is 0 Å². The van der Waals surface area contributed by atoms with E-state index in [1.54, 1.807) is 0 Å². The lowest BCUT2D eigenvalue weighted by Gasteiger charge is -2.28. The Morgan fingerprint density at radius 3 is 2.47 bits per heavy atom. The van der Waals surface area contributed by atoms with E-state index in [1.807, 2.05) is 6.07 Å². The van der Waals surface area contributed by atoms with Gasteiger partial charge in [0.15, 0.2) is 0 Å². The Morgan fingerprint density at radius 2 is 1.94 bits per heavy atom. The predicted molar refractivity (Wildman–Crippen MR) is 77.9 cm³/mol. The molecule has 0 radical (unpaired) electrons. The number of benzene rings is 1. The monoisotopic (exact) mass is 298 g/mol. The van der Waals surface area contributed by atoms with Crippen LogP contribution in [0.5, 0.6) is 0 Å². The summed E-state index contributed by atoms with van der Waals surface area (Å²) in [5.41, 5.74) is 7.18. The molecule has 1 atom stereocenters. The van der Waals surface area contributed by atoms with Crippen LogP contribution in [0.1, 0.15) is 25.8 Å². The van der Waals surface area contributed by atoms with Crippen LogP contribution in [0.2, 0.25) is 0 Å². The molecule has 2 nitrogen and oxygen atoms in total. The quantitative estimate of drug-likeness (QED) is 0.873. The fraction of sp³-hybridized carbons (Fsp3) is 0.571. The molecule has 0 aliphatic rings. The lowest BCUT2D eigenvalue weighted by Crippen LogP contribution is -2.38. The normalized spacial score (nSPS) is 13.4. The molecule has 1 unspecified atom stereocenters. The molecule has 0 saturated heterocycles. The molecule has 1 aromatic carbocycles. The number of likely N-dealkylation sites (N-methyl/N-ethyl adjacent to an activating group) is 1. The molecule has 1 aromatic rings. The Morgan fingerprint density at radius 1 is 1.29 bits per heavy atom. The van der Waals surface area contributed by atoms with Crippen molar-refractivity contribution in [3.8, 4) is 0 Å². The third-order valence-electron chi connectivity index (χ3n) is 3.02. The van der Waals surface area contributed by atoms with E-state index < -0.39 is 0 Å². The summed E-state index contributed by atoms with van der Waals surface area (Å²) >= 11 is 3.59. The van der Waals surface area contributed by atoms with Crippen LogP contribution in [-0.4, -0.2) is 24.5 Å². The van der Waals surface area contributed by atoms with Crippen LogP contribution in [0.15, 0.2) is 28.7 Å². The molecule has 0 saturated carbocycles. The number of rotatable bonds is 6. The van der Waals surface area contributed by atoms with E-state index in [9.17, 15) is 0 Å². The van der Waals surface area contributed by atoms with Crippen molar-refractivity contribution < 1.29 is 0 Å². The zero-order valence-corrected chi connectivity index (χ0v) is 12.6. The van der Waals surface area contributed by atoms with Gasteiger partial charge in [-0.3, -0.25) is 4.90 Å². The van der Waals surface area contributed by atoms with Gasteiger partial charge in [0, 0.05) is 23.6 Å². The Kier molecular flexibility index (Phi) is 6.17. The van der Waals surface area contributed by atoms with Crippen LogP contribution >= 0.6 is 15.9 Å². The standard InChI is InChI=1S/C14H23BrN2/c1-11(2)8-13(9-16)17(3)10-12-6-4-5-7-14(12)15/h4-7,11,13H,8-10,16H2,1-3H3. The maximum Gasteiger partial charge on any atom is 0.0245 e. The predicted octanol–water partition coefficient (Wildman–Crippen LogP) is 3.25. The first kappa shape index (κ1) is 14.7. The molecule has 3 heteroatoms. The molecule has 0 aliphatic carbocycles. The summed E-state index contributed by atoms with van der Waals surface area (Å²) < 4.78 is 1.17. The largest absolute Gasteiger partial charge is 0.329 e. The van der Waals surface area contributed by atoms with Gasteiger partial charge in [0.25, 0.3) is 0 Å². The topological polar surface area (TPSA) is 29.3 Å². The Labute approximate surface area is 113 Å². The van der Waals surface area contributed by atoms with Crippen LogP contribution in [0, 0.1) is 5.92 Å². The van der Waals surface area contributed by atoms with E-state index >= 15 is 0 Å². The maximum atomic E-state index is 5.86. The summed E-state index contributed by atoms with van der Waals surface area (Å²) in [5, 5.41) is 0. The van der Waals surface area contributed by atoms with Crippen molar-refractivity contribution in [1.29, 1.82) is 0 Å². The maximum absolute atomic E-state index is 5.86. The minimum Gasteiger partial charge on any atom is -0.329 e. The SMILES string of the molecule is CC(C)CC(CN)N(C)Cc1ccccc1Br. The molecule has 1 rings (SSSR count). The molecule has 0 heterocycles. The van der Waals surface area contributed by atoms with Crippen molar-refractivity contribution in [1.82, 2.24) is 4.90 Å². The van der Waals surface area contributed by atoms with Gasteiger partial charge in [-0.1, -0.05) is 48.0 Å².